The van der Waals surface area contributed by atoms with E-state index in [1.54, 1.807) is 0 Å². The van der Waals surface area contributed by atoms with Gasteiger partial charge in [-0.05, 0) is 23.8 Å². The Morgan fingerprint density at radius 2 is 1.95 bits per heavy atom. The Kier molecular flexibility index (Phi) is 4.44. The fourth-order valence-corrected chi connectivity index (χ4v) is 3.50. The number of ether oxygens (including phenoxy) is 2. The van der Waals surface area contributed by atoms with Gasteiger partial charge in [-0.1, -0.05) is 49.6 Å². The minimum Gasteiger partial charge on any atom is -0.429 e. The van der Waals surface area contributed by atoms with E-state index in [1.807, 2.05) is 30.3 Å². The van der Waals surface area contributed by atoms with Gasteiger partial charge in [0.2, 0.25) is 0 Å². The van der Waals surface area contributed by atoms with Crippen molar-refractivity contribution in [3.63, 3.8) is 0 Å². The standard InChI is InChI=1S/C17H23NO3/c19-16(20-12-14-7-3-1-4-8-14)21-15-11-17(13-18-15)9-5-2-6-10-17/h1,3-4,7-8,15,18H,2,5-6,9-13H2. The van der Waals surface area contributed by atoms with Crippen LogP contribution in [0.2, 0.25) is 0 Å². The second kappa shape index (κ2) is 6.48. The van der Waals surface area contributed by atoms with Crippen LogP contribution in [0, 0.1) is 5.41 Å². The molecule has 0 aromatic heterocycles. The molecule has 1 aromatic carbocycles. The van der Waals surface area contributed by atoms with Crippen LogP contribution in [0.4, 0.5) is 4.79 Å². The molecule has 1 unspecified atom stereocenters. The van der Waals surface area contributed by atoms with Crippen LogP contribution in [0.1, 0.15) is 44.1 Å². The van der Waals surface area contributed by atoms with Crippen molar-refractivity contribution in [1.29, 1.82) is 0 Å². The van der Waals surface area contributed by atoms with E-state index in [0.29, 0.717) is 5.41 Å². The van der Waals surface area contributed by atoms with Crippen LogP contribution in [-0.2, 0) is 16.1 Å². The predicted octanol–water partition coefficient (Wildman–Crippen LogP) is 3.61. The lowest BCUT2D eigenvalue weighted by molar-refractivity contribution is 0.00952. The van der Waals surface area contributed by atoms with E-state index in [4.69, 9.17) is 9.47 Å². The summed E-state index contributed by atoms with van der Waals surface area (Å²) in [7, 11) is 0. The van der Waals surface area contributed by atoms with Crippen molar-refractivity contribution in [2.45, 2.75) is 51.4 Å². The molecule has 1 atom stereocenters. The summed E-state index contributed by atoms with van der Waals surface area (Å²) >= 11 is 0. The molecule has 1 N–H and O–H groups in total. The van der Waals surface area contributed by atoms with E-state index >= 15 is 0 Å². The van der Waals surface area contributed by atoms with Crippen LogP contribution in [0.25, 0.3) is 0 Å². The highest BCUT2D eigenvalue weighted by Crippen LogP contribution is 2.42. The fraction of sp³-hybridized carbons (Fsp3) is 0.588. The molecule has 1 saturated heterocycles. The Bertz CT molecular complexity index is 468. The first-order valence-electron chi connectivity index (χ1n) is 7.87. The number of benzene rings is 1. The van der Waals surface area contributed by atoms with Gasteiger partial charge in [-0.2, -0.15) is 0 Å². The fourth-order valence-electron chi connectivity index (χ4n) is 3.50. The highest BCUT2D eigenvalue weighted by atomic mass is 16.7. The Hall–Kier alpha value is -1.55. The third kappa shape index (κ3) is 3.76. The Balaban J connectivity index is 1.43. The summed E-state index contributed by atoms with van der Waals surface area (Å²) in [6.07, 6.45) is 6.59. The van der Waals surface area contributed by atoms with Crippen LogP contribution in [0.5, 0.6) is 0 Å². The number of rotatable bonds is 3. The first-order valence-corrected chi connectivity index (χ1v) is 7.87. The molecule has 0 amide bonds. The minimum absolute atomic E-state index is 0.189. The van der Waals surface area contributed by atoms with Crippen molar-refractivity contribution in [1.82, 2.24) is 5.32 Å². The van der Waals surface area contributed by atoms with E-state index < -0.39 is 6.16 Å². The summed E-state index contributed by atoms with van der Waals surface area (Å²) in [5.41, 5.74) is 1.32. The van der Waals surface area contributed by atoms with Crippen molar-refractivity contribution < 1.29 is 14.3 Å². The molecule has 0 bridgehead atoms. The summed E-state index contributed by atoms with van der Waals surface area (Å²) < 4.78 is 10.6. The second-order valence-electron chi connectivity index (χ2n) is 6.28. The molecule has 21 heavy (non-hydrogen) atoms. The van der Waals surface area contributed by atoms with Crippen molar-refractivity contribution in [2.75, 3.05) is 6.54 Å². The molecule has 1 aliphatic carbocycles. The number of hydrogen-bond donors (Lipinski definition) is 1. The van der Waals surface area contributed by atoms with Gasteiger partial charge in [0.05, 0.1) is 0 Å². The lowest BCUT2D eigenvalue weighted by atomic mass is 9.73. The summed E-state index contributed by atoms with van der Waals surface area (Å²) in [4.78, 5) is 11.8. The number of hydrogen-bond acceptors (Lipinski definition) is 4. The Morgan fingerprint density at radius 3 is 2.71 bits per heavy atom. The zero-order chi connectivity index (χ0) is 14.5. The molecule has 0 radical (unpaired) electrons. The molecular formula is C17H23NO3. The number of nitrogens with one attached hydrogen (secondary N) is 1. The first kappa shape index (κ1) is 14.4. The second-order valence-corrected chi connectivity index (χ2v) is 6.28. The van der Waals surface area contributed by atoms with E-state index in [9.17, 15) is 4.79 Å². The smallest absolute Gasteiger partial charge is 0.429 e. The largest absolute Gasteiger partial charge is 0.510 e. The molecule has 1 aromatic rings. The van der Waals surface area contributed by atoms with Gasteiger partial charge >= 0.3 is 6.16 Å². The molecule has 1 aliphatic heterocycles. The maximum atomic E-state index is 11.8. The van der Waals surface area contributed by atoms with Gasteiger partial charge in [0.1, 0.15) is 6.61 Å². The van der Waals surface area contributed by atoms with Crippen molar-refractivity contribution >= 4 is 6.16 Å². The molecule has 1 saturated carbocycles. The molecular weight excluding hydrogens is 266 g/mol. The summed E-state index contributed by atoms with van der Waals surface area (Å²) in [6.45, 7) is 1.22. The average Bonchev–Trinajstić information content (AvgIpc) is 2.89. The first-order chi connectivity index (χ1) is 10.3. The third-order valence-corrected chi connectivity index (χ3v) is 4.68. The molecule has 4 heteroatoms. The third-order valence-electron chi connectivity index (χ3n) is 4.68. The molecule has 2 fully saturated rings. The van der Waals surface area contributed by atoms with Crippen LogP contribution in [0.3, 0.4) is 0 Å². The van der Waals surface area contributed by atoms with Gasteiger partial charge in [0.15, 0.2) is 6.23 Å². The van der Waals surface area contributed by atoms with Gasteiger partial charge in [0.25, 0.3) is 0 Å². The van der Waals surface area contributed by atoms with Gasteiger partial charge in [-0.25, -0.2) is 4.79 Å². The topological polar surface area (TPSA) is 47.6 Å². The Morgan fingerprint density at radius 1 is 1.19 bits per heavy atom. The highest BCUT2D eigenvalue weighted by Gasteiger charge is 2.41. The van der Waals surface area contributed by atoms with Crippen LogP contribution in [-0.4, -0.2) is 18.9 Å². The monoisotopic (exact) mass is 289 g/mol. The molecule has 3 rings (SSSR count). The van der Waals surface area contributed by atoms with Crippen LogP contribution < -0.4 is 5.32 Å². The zero-order valence-corrected chi connectivity index (χ0v) is 12.3. The highest BCUT2D eigenvalue weighted by molar-refractivity contribution is 5.60. The molecule has 1 heterocycles. The molecule has 114 valence electrons. The average molecular weight is 289 g/mol. The number of carbonyl (C=O) groups excluding carboxylic acids is 1. The van der Waals surface area contributed by atoms with E-state index in [-0.39, 0.29) is 12.8 Å². The lowest BCUT2D eigenvalue weighted by Crippen LogP contribution is -2.28. The van der Waals surface area contributed by atoms with E-state index in [0.717, 1.165) is 18.5 Å². The van der Waals surface area contributed by atoms with Gasteiger partial charge < -0.3 is 9.47 Å². The van der Waals surface area contributed by atoms with Gasteiger partial charge in [-0.15, -0.1) is 0 Å². The summed E-state index contributed by atoms with van der Waals surface area (Å²) in [5.74, 6) is 0. The maximum absolute atomic E-state index is 11.8. The van der Waals surface area contributed by atoms with E-state index in [1.165, 1.54) is 32.1 Å². The van der Waals surface area contributed by atoms with Crippen molar-refractivity contribution in [2.24, 2.45) is 5.41 Å². The maximum Gasteiger partial charge on any atom is 0.510 e. The van der Waals surface area contributed by atoms with Crippen LogP contribution in [0.15, 0.2) is 30.3 Å². The molecule has 4 nitrogen and oxygen atoms in total. The van der Waals surface area contributed by atoms with Gasteiger partial charge in [0, 0.05) is 13.0 Å². The minimum atomic E-state index is -0.579. The van der Waals surface area contributed by atoms with Crippen molar-refractivity contribution in [3.8, 4) is 0 Å². The lowest BCUT2D eigenvalue weighted by Gasteiger charge is -2.32. The van der Waals surface area contributed by atoms with E-state index in [2.05, 4.69) is 5.32 Å². The van der Waals surface area contributed by atoms with Gasteiger partial charge in [-0.3, -0.25) is 5.32 Å². The quantitative estimate of drug-likeness (QED) is 0.864. The predicted molar refractivity (Wildman–Crippen MR) is 79.6 cm³/mol. The normalized spacial score (nSPS) is 23.9. The zero-order valence-electron chi connectivity index (χ0n) is 12.3. The molecule has 1 spiro atoms. The Labute approximate surface area is 125 Å². The van der Waals surface area contributed by atoms with Crippen molar-refractivity contribution in [3.05, 3.63) is 35.9 Å². The summed E-state index contributed by atoms with van der Waals surface area (Å²) in [5, 5.41) is 3.32. The number of carbonyl (C=O) groups is 1. The van der Waals surface area contributed by atoms with Crippen LogP contribution >= 0.6 is 0 Å². The molecule has 2 aliphatic rings. The summed E-state index contributed by atoms with van der Waals surface area (Å²) in [6, 6.07) is 9.65. The SMILES string of the molecule is O=C(OCc1ccccc1)OC1CC2(CCCCC2)CN1.